The van der Waals surface area contributed by atoms with Gasteiger partial charge in [0.15, 0.2) is 12.6 Å². The molecule has 2 aliphatic heterocycles. The summed E-state index contributed by atoms with van der Waals surface area (Å²) in [5, 5.41) is 0. The fraction of sp³-hybridized carbons (Fsp3) is 0.422. The number of ether oxygens (including phenoxy) is 8. The third-order valence-corrected chi connectivity index (χ3v) is 11.2. The van der Waals surface area contributed by atoms with Crippen molar-refractivity contribution in [2.24, 2.45) is 10.8 Å². The summed E-state index contributed by atoms with van der Waals surface area (Å²) in [7, 11) is 0. The first-order valence-corrected chi connectivity index (χ1v) is 19.1. The zero-order chi connectivity index (χ0) is 38.8. The molecule has 0 bridgehead atoms. The number of rotatable bonds is 16. The SMILES string of the molecule is CCC1(COC(C)Oc2ccc(C(=O)Oc3ccc4c(c3)C(C)(C)c3cc(OC(=O)c5ccc(OC(C)OCC6(CC)COC6)cc5)ccc3-4)cc2)COC1. The molecule has 2 fully saturated rings. The van der Waals surface area contributed by atoms with Crippen LogP contribution in [-0.2, 0) is 24.4 Å². The van der Waals surface area contributed by atoms with Crippen LogP contribution in [0.25, 0.3) is 11.1 Å². The fourth-order valence-corrected chi connectivity index (χ4v) is 7.09. The summed E-state index contributed by atoms with van der Waals surface area (Å²) in [6.45, 7) is 16.2. The molecular weight excluding hydrogens is 700 g/mol. The normalized spacial score (nSPS) is 18.1. The molecule has 4 aromatic carbocycles. The minimum absolute atomic E-state index is 0.0729. The lowest BCUT2D eigenvalue weighted by molar-refractivity contribution is -0.182. The molecule has 2 unspecified atom stereocenters. The number of fused-ring (bicyclic) bond motifs is 3. The largest absolute Gasteiger partial charge is 0.465 e. The van der Waals surface area contributed by atoms with E-state index in [4.69, 9.17) is 37.9 Å². The van der Waals surface area contributed by atoms with Gasteiger partial charge in [-0.3, -0.25) is 0 Å². The highest BCUT2D eigenvalue weighted by atomic mass is 16.7. The first kappa shape index (κ1) is 38.5. The third-order valence-electron chi connectivity index (χ3n) is 11.2. The molecule has 2 atom stereocenters. The molecule has 0 saturated carbocycles. The summed E-state index contributed by atoms with van der Waals surface area (Å²) in [4.78, 5) is 26.3. The number of esters is 2. The van der Waals surface area contributed by atoms with E-state index in [0.717, 1.165) is 35.1 Å². The molecule has 0 N–H and O–H groups in total. The van der Waals surface area contributed by atoms with Crippen molar-refractivity contribution < 1.29 is 47.5 Å². The second-order valence-electron chi connectivity index (χ2n) is 15.6. The molecule has 3 aliphatic rings. The molecular formula is C45H50O10. The van der Waals surface area contributed by atoms with Crippen LogP contribution in [-0.4, -0.2) is 64.2 Å². The van der Waals surface area contributed by atoms with Crippen molar-refractivity contribution in [2.75, 3.05) is 39.6 Å². The summed E-state index contributed by atoms with van der Waals surface area (Å²) >= 11 is 0. The molecule has 0 spiro atoms. The standard InChI is InChI=1S/C45H50O10/c1-7-44(23-48-24-44)27-50-29(3)52-33-13-9-31(10-14-33)41(46)54-35-17-19-37-38-20-18-36(22-40(38)43(5,6)39(37)21-35)55-42(47)32-11-15-34(16-12-32)53-30(4)51-28-45(8-2)25-49-26-45/h9-22,29-30H,7-8,23-28H2,1-6H3. The highest BCUT2D eigenvalue weighted by Gasteiger charge is 2.39. The van der Waals surface area contributed by atoms with Crippen LogP contribution in [0.3, 0.4) is 0 Å². The van der Waals surface area contributed by atoms with Gasteiger partial charge in [-0.2, -0.15) is 0 Å². The van der Waals surface area contributed by atoms with Crippen LogP contribution < -0.4 is 18.9 Å². The van der Waals surface area contributed by atoms with E-state index in [1.54, 1.807) is 60.7 Å². The van der Waals surface area contributed by atoms with E-state index < -0.39 is 29.9 Å². The Morgan fingerprint density at radius 3 is 1.27 bits per heavy atom. The van der Waals surface area contributed by atoms with Gasteiger partial charge in [0.25, 0.3) is 0 Å². The van der Waals surface area contributed by atoms with Crippen molar-refractivity contribution in [3.05, 3.63) is 107 Å². The van der Waals surface area contributed by atoms with E-state index in [-0.39, 0.29) is 10.8 Å². The summed E-state index contributed by atoms with van der Waals surface area (Å²) < 4.78 is 46.1. The minimum Gasteiger partial charge on any atom is -0.465 e. The van der Waals surface area contributed by atoms with Crippen LogP contribution in [0.5, 0.6) is 23.0 Å². The summed E-state index contributed by atoms with van der Waals surface area (Å²) in [6.07, 6.45) is 1.10. The molecule has 1 aliphatic carbocycles. The molecule has 55 heavy (non-hydrogen) atoms. The monoisotopic (exact) mass is 750 g/mol. The molecule has 10 heteroatoms. The lowest BCUT2D eigenvalue weighted by atomic mass is 9.82. The van der Waals surface area contributed by atoms with Gasteiger partial charge in [0.05, 0.1) is 50.8 Å². The quantitative estimate of drug-likeness (QED) is 0.0627. The van der Waals surface area contributed by atoms with Crippen molar-refractivity contribution in [3.63, 3.8) is 0 Å². The Morgan fingerprint density at radius 1 is 0.582 bits per heavy atom. The molecule has 290 valence electrons. The molecule has 0 aromatic heterocycles. The van der Waals surface area contributed by atoms with Crippen LogP contribution in [0.2, 0.25) is 0 Å². The Kier molecular flexibility index (Phi) is 11.1. The number of hydrogen-bond donors (Lipinski definition) is 0. The van der Waals surface area contributed by atoms with Gasteiger partial charge in [0.1, 0.15) is 23.0 Å². The third kappa shape index (κ3) is 8.28. The highest BCUT2D eigenvalue weighted by molar-refractivity contribution is 5.92. The Bertz CT molecular complexity index is 1840. The van der Waals surface area contributed by atoms with Crippen molar-refractivity contribution in [1.29, 1.82) is 0 Å². The smallest absolute Gasteiger partial charge is 0.343 e. The van der Waals surface area contributed by atoms with Crippen LogP contribution in [0, 0.1) is 10.8 Å². The molecule has 2 heterocycles. The number of carbonyl (C=O) groups excluding carboxylic acids is 2. The van der Waals surface area contributed by atoms with Gasteiger partial charge in [0, 0.05) is 16.2 Å². The molecule has 7 rings (SSSR count). The van der Waals surface area contributed by atoms with E-state index in [9.17, 15) is 9.59 Å². The zero-order valence-electron chi connectivity index (χ0n) is 32.5. The van der Waals surface area contributed by atoms with Gasteiger partial charge < -0.3 is 37.9 Å². The van der Waals surface area contributed by atoms with Crippen molar-refractivity contribution in [2.45, 2.75) is 72.4 Å². The molecule has 2 saturated heterocycles. The van der Waals surface area contributed by atoms with Gasteiger partial charge >= 0.3 is 11.9 Å². The van der Waals surface area contributed by atoms with Gasteiger partial charge in [0.2, 0.25) is 0 Å². The second kappa shape index (κ2) is 15.8. The van der Waals surface area contributed by atoms with Crippen LogP contribution in [0.15, 0.2) is 84.9 Å². The summed E-state index contributed by atoms with van der Waals surface area (Å²) in [6, 6.07) is 25.0. The predicted molar refractivity (Wildman–Crippen MR) is 206 cm³/mol. The van der Waals surface area contributed by atoms with Crippen LogP contribution in [0.1, 0.15) is 86.2 Å². The molecule has 10 nitrogen and oxygen atoms in total. The maximum atomic E-state index is 13.2. The van der Waals surface area contributed by atoms with Crippen molar-refractivity contribution in [1.82, 2.24) is 0 Å². The van der Waals surface area contributed by atoms with Gasteiger partial charge in [-0.25, -0.2) is 9.59 Å². The van der Waals surface area contributed by atoms with Crippen molar-refractivity contribution >= 4 is 11.9 Å². The van der Waals surface area contributed by atoms with Gasteiger partial charge in [-0.05, 0) is 122 Å². The van der Waals surface area contributed by atoms with E-state index >= 15 is 0 Å². The van der Waals surface area contributed by atoms with Crippen molar-refractivity contribution in [3.8, 4) is 34.1 Å². The van der Waals surface area contributed by atoms with Gasteiger partial charge in [-0.15, -0.1) is 0 Å². The molecule has 0 radical (unpaired) electrons. The number of hydrogen-bond acceptors (Lipinski definition) is 10. The average Bonchev–Trinajstić information content (AvgIpc) is 3.36. The first-order valence-electron chi connectivity index (χ1n) is 19.1. The second-order valence-corrected chi connectivity index (χ2v) is 15.6. The molecule has 4 aromatic rings. The summed E-state index contributed by atoms with van der Waals surface area (Å²) in [5.74, 6) is 1.13. The summed E-state index contributed by atoms with van der Waals surface area (Å²) in [5.41, 5.74) is 4.58. The average molecular weight is 751 g/mol. The Morgan fingerprint density at radius 2 is 0.945 bits per heavy atom. The van der Waals surface area contributed by atoms with Crippen LogP contribution >= 0.6 is 0 Å². The minimum atomic E-state index is -0.472. The van der Waals surface area contributed by atoms with E-state index in [1.807, 2.05) is 38.1 Å². The predicted octanol–water partition coefficient (Wildman–Crippen LogP) is 8.77. The maximum Gasteiger partial charge on any atom is 0.343 e. The Balaban J connectivity index is 0.935. The van der Waals surface area contributed by atoms with Crippen LogP contribution in [0.4, 0.5) is 0 Å². The van der Waals surface area contributed by atoms with E-state index in [2.05, 4.69) is 27.7 Å². The maximum absolute atomic E-state index is 13.2. The number of carbonyl (C=O) groups is 2. The van der Waals surface area contributed by atoms with E-state index in [1.165, 1.54) is 0 Å². The first-order chi connectivity index (χ1) is 26.4. The Hall–Kier alpha value is -4.74. The number of benzene rings is 4. The topological polar surface area (TPSA) is 108 Å². The Labute approximate surface area is 322 Å². The van der Waals surface area contributed by atoms with E-state index in [0.29, 0.717) is 73.8 Å². The lowest BCUT2D eigenvalue weighted by Gasteiger charge is -2.40. The zero-order valence-corrected chi connectivity index (χ0v) is 32.5. The highest BCUT2D eigenvalue weighted by Crippen LogP contribution is 2.50. The fourth-order valence-electron chi connectivity index (χ4n) is 7.09. The lowest BCUT2D eigenvalue weighted by Crippen LogP contribution is -2.46. The molecule has 0 amide bonds. The van der Waals surface area contributed by atoms with Gasteiger partial charge in [-0.1, -0.05) is 39.8 Å².